The van der Waals surface area contributed by atoms with E-state index in [1.807, 2.05) is 12.1 Å². The molecule has 2 atom stereocenters. The fourth-order valence-electron chi connectivity index (χ4n) is 3.14. The molecule has 3 nitrogen and oxygen atoms in total. The van der Waals surface area contributed by atoms with Crippen molar-refractivity contribution in [3.05, 3.63) is 29.8 Å². The Morgan fingerprint density at radius 2 is 1.42 bits per heavy atom. The SMILES string of the molecule is CCCCCCC(C)CCCCC(C)c1ccc(S(=O)(=O)O)cc1. The lowest BCUT2D eigenvalue weighted by Gasteiger charge is -2.14. The van der Waals surface area contributed by atoms with Crippen LogP contribution in [0.5, 0.6) is 0 Å². The third kappa shape index (κ3) is 8.29. The van der Waals surface area contributed by atoms with Crippen LogP contribution in [0.25, 0.3) is 0 Å². The maximum Gasteiger partial charge on any atom is 0.294 e. The Labute approximate surface area is 148 Å². The van der Waals surface area contributed by atoms with Crippen LogP contribution in [0.15, 0.2) is 29.2 Å². The fraction of sp³-hybridized carbons (Fsp3) is 0.700. The molecular weight excluding hydrogens is 320 g/mol. The minimum atomic E-state index is -4.09. The Morgan fingerprint density at radius 3 is 1.96 bits per heavy atom. The maximum absolute atomic E-state index is 11.1. The van der Waals surface area contributed by atoms with Crippen LogP contribution in [-0.2, 0) is 10.1 Å². The molecule has 0 radical (unpaired) electrons. The molecular formula is C20H34O3S. The minimum absolute atomic E-state index is 0.0321. The summed E-state index contributed by atoms with van der Waals surface area (Å²) < 4.78 is 31.1. The van der Waals surface area contributed by atoms with E-state index >= 15 is 0 Å². The third-order valence-electron chi connectivity index (χ3n) is 4.88. The molecule has 1 aromatic carbocycles. The molecule has 0 aliphatic carbocycles. The summed E-state index contributed by atoms with van der Waals surface area (Å²) in [5, 5.41) is 0. The van der Waals surface area contributed by atoms with E-state index in [-0.39, 0.29) is 4.90 Å². The first-order valence-electron chi connectivity index (χ1n) is 9.42. The molecule has 1 aromatic rings. The van der Waals surface area contributed by atoms with Gasteiger partial charge in [0.25, 0.3) is 10.1 Å². The van der Waals surface area contributed by atoms with Gasteiger partial charge in [0.05, 0.1) is 4.90 Å². The summed E-state index contributed by atoms with van der Waals surface area (Å²) in [7, 11) is -4.09. The molecule has 0 amide bonds. The van der Waals surface area contributed by atoms with E-state index in [0.29, 0.717) is 5.92 Å². The largest absolute Gasteiger partial charge is 0.294 e. The molecule has 24 heavy (non-hydrogen) atoms. The van der Waals surface area contributed by atoms with Crippen LogP contribution in [-0.4, -0.2) is 13.0 Å². The van der Waals surface area contributed by atoms with Gasteiger partial charge in [-0.25, -0.2) is 0 Å². The van der Waals surface area contributed by atoms with Crippen molar-refractivity contribution in [1.82, 2.24) is 0 Å². The van der Waals surface area contributed by atoms with Crippen LogP contribution in [0.2, 0.25) is 0 Å². The van der Waals surface area contributed by atoms with Crippen molar-refractivity contribution < 1.29 is 13.0 Å². The molecule has 0 bridgehead atoms. The number of rotatable bonds is 12. The van der Waals surface area contributed by atoms with Gasteiger partial charge in [-0.15, -0.1) is 0 Å². The Balaban J connectivity index is 2.25. The van der Waals surface area contributed by atoms with E-state index in [1.54, 1.807) is 0 Å². The van der Waals surface area contributed by atoms with Crippen LogP contribution < -0.4 is 0 Å². The Morgan fingerprint density at radius 1 is 0.875 bits per heavy atom. The molecule has 2 unspecified atom stereocenters. The van der Waals surface area contributed by atoms with Crippen molar-refractivity contribution in [2.24, 2.45) is 5.92 Å². The highest BCUT2D eigenvalue weighted by Gasteiger charge is 2.11. The second-order valence-electron chi connectivity index (χ2n) is 7.18. The van der Waals surface area contributed by atoms with Gasteiger partial charge < -0.3 is 0 Å². The molecule has 0 aliphatic heterocycles. The highest BCUT2D eigenvalue weighted by atomic mass is 32.2. The second kappa shape index (κ2) is 10.9. The molecule has 138 valence electrons. The summed E-state index contributed by atoms with van der Waals surface area (Å²) in [5.41, 5.74) is 1.13. The fourth-order valence-corrected chi connectivity index (χ4v) is 3.62. The number of hydrogen-bond acceptors (Lipinski definition) is 2. The quantitative estimate of drug-likeness (QED) is 0.359. The van der Waals surface area contributed by atoms with Gasteiger partial charge in [0.15, 0.2) is 0 Å². The summed E-state index contributed by atoms with van der Waals surface area (Å²) in [6.07, 6.45) is 11.7. The predicted octanol–water partition coefficient (Wildman–Crippen LogP) is 6.20. The third-order valence-corrected chi connectivity index (χ3v) is 5.75. The van der Waals surface area contributed by atoms with Crippen LogP contribution in [0.4, 0.5) is 0 Å². The molecule has 0 spiro atoms. The van der Waals surface area contributed by atoms with Gasteiger partial charge in [0, 0.05) is 0 Å². The molecule has 1 rings (SSSR count). The van der Waals surface area contributed by atoms with E-state index in [2.05, 4.69) is 20.8 Å². The molecule has 0 heterocycles. The van der Waals surface area contributed by atoms with Gasteiger partial charge in [-0.3, -0.25) is 4.55 Å². The summed E-state index contributed by atoms with van der Waals surface area (Å²) in [4.78, 5) is -0.0321. The molecule has 4 heteroatoms. The van der Waals surface area contributed by atoms with Crippen molar-refractivity contribution in [1.29, 1.82) is 0 Å². The Hall–Kier alpha value is -0.870. The minimum Gasteiger partial charge on any atom is -0.282 e. The van der Waals surface area contributed by atoms with Crippen LogP contribution in [0, 0.1) is 5.92 Å². The molecule has 0 aromatic heterocycles. The van der Waals surface area contributed by atoms with E-state index in [4.69, 9.17) is 4.55 Å². The van der Waals surface area contributed by atoms with E-state index < -0.39 is 10.1 Å². The van der Waals surface area contributed by atoms with Gasteiger partial charge in [0.1, 0.15) is 0 Å². The van der Waals surface area contributed by atoms with Crippen LogP contribution in [0.1, 0.15) is 90.0 Å². The molecule has 0 aliphatic rings. The van der Waals surface area contributed by atoms with Gasteiger partial charge >= 0.3 is 0 Å². The average molecular weight is 355 g/mol. The van der Waals surface area contributed by atoms with Crippen LogP contribution in [0.3, 0.4) is 0 Å². The zero-order chi connectivity index (χ0) is 18.0. The predicted molar refractivity (Wildman–Crippen MR) is 101 cm³/mol. The number of benzene rings is 1. The summed E-state index contributed by atoms with van der Waals surface area (Å²) >= 11 is 0. The first-order chi connectivity index (χ1) is 11.3. The lowest BCUT2D eigenvalue weighted by atomic mass is 9.92. The normalized spacial score (nSPS) is 14.5. The standard InChI is InChI=1S/C20H34O3S/c1-4-5-6-7-10-17(2)11-8-9-12-18(3)19-13-15-20(16-14-19)24(21,22)23/h13-18H,4-12H2,1-3H3,(H,21,22,23). The van der Waals surface area contributed by atoms with Crippen molar-refractivity contribution in [3.63, 3.8) is 0 Å². The molecule has 1 N–H and O–H groups in total. The first kappa shape index (κ1) is 21.2. The van der Waals surface area contributed by atoms with Crippen molar-refractivity contribution >= 4 is 10.1 Å². The van der Waals surface area contributed by atoms with Gasteiger partial charge in [0.2, 0.25) is 0 Å². The van der Waals surface area contributed by atoms with Gasteiger partial charge in [-0.1, -0.05) is 84.3 Å². The zero-order valence-corrected chi connectivity index (χ0v) is 16.3. The molecule has 0 saturated carbocycles. The van der Waals surface area contributed by atoms with Gasteiger partial charge in [-0.2, -0.15) is 8.42 Å². The lowest BCUT2D eigenvalue weighted by Crippen LogP contribution is -2.00. The lowest BCUT2D eigenvalue weighted by molar-refractivity contribution is 0.432. The monoisotopic (exact) mass is 354 g/mol. The number of hydrogen-bond donors (Lipinski definition) is 1. The highest BCUT2D eigenvalue weighted by Crippen LogP contribution is 2.24. The Bertz CT molecular complexity index is 549. The Kier molecular flexibility index (Phi) is 9.60. The van der Waals surface area contributed by atoms with E-state index in [1.165, 1.54) is 63.5 Å². The molecule has 0 saturated heterocycles. The van der Waals surface area contributed by atoms with Crippen LogP contribution >= 0.6 is 0 Å². The first-order valence-corrected chi connectivity index (χ1v) is 10.9. The van der Waals surface area contributed by atoms with Gasteiger partial charge in [-0.05, 0) is 36.0 Å². The average Bonchev–Trinajstić information content (AvgIpc) is 2.55. The number of unbranched alkanes of at least 4 members (excludes halogenated alkanes) is 4. The zero-order valence-electron chi connectivity index (χ0n) is 15.5. The topological polar surface area (TPSA) is 54.4 Å². The highest BCUT2D eigenvalue weighted by molar-refractivity contribution is 7.85. The smallest absolute Gasteiger partial charge is 0.282 e. The van der Waals surface area contributed by atoms with E-state index in [0.717, 1.165) is 17.9 Å². The van der Waals surface area contributed by atoms with E-state index in [9.17, 15) is 8.42 Å². The summed E-state index contributed by atoms with van der Waals surface area (Å²) in [6.45, 7) is 6.79. The molecule has 0 fully saturated rings. The van der Waals surface area contributed by atoms with Crippen molar-refractivity contribution in [3.8, 4) is 0 Å². The summed E-state index contributed by atoms with van der Waals surface area (Å²) in [5.74, 6) is 1.24. The van der Waals surface area contributed by atoms with Crippen molar-refractivity contribution in [2.75, 3.05) is 0 Å². The maximum atomic E-state index is 11.1. The summed E-state index contributed by atoms with van der Waals surface area (Å²) in [6, 6.07) is 6.59. The van der Waals surface area contributed by atoms with Crippen molar-refractivity contribution in [2.45, 2.75) is 89.4 Å². The second-order valence-corrected chi connectivity index (χ2v) is 8.61.